The predicted octanol–water partition coefficient (Wildman–Crippen LogP) is 11.4. The maximum atomic E-state index is 5.20. The molecule has 0 bridgehead atoms. The van der Waals surface area contributed by atoms with Crippen molar-refractivity contribution in [1.82, 2.24) is 15.0 Å². The van der Waals surface area contributed by atoms with Crippen molar-refractivity contribution in [1.29, 1.82) is 0 Å². The van der Waals surface area contributed by atoms with Crippen LogP contribution in [0.1, 0.15) is 22.3 Å². The second-order valence-electron chi connectivity index (χ2n) is 12.8. The minimum atomic E-state index is 0.706. The van der Waals surface area contributed by atoms with Gasteiger partial charge in [0.2, 0.25) is 0 Å². The highest BCUT2D eigenvalue weighted by molar-refractivity contribution is 5.81. The van der Waals surface area contributed by atoms with E-state index in [1.165, 1.54) is 44.5 Å². The van der Waals surface area contributed by atoms with Gasteiger partial charge in [0.15, 0.2) is 5.82 Å². The van der Waals surface area contributed by atoms with Crippen molar-refractivity contribution < 1.29 is 0 Å². The molecular weight excluding hydrogens is 607 g/mol. The lowest BCUT2D eigenvalue weighted by Crippen LogP contribution is -2.03. The third kappa shape index (κ3) is 5.69. The van der Waals surface area contributed by atoms with Gasteiger partial charge in [-0.05, 0) is 87.2 Å². The molecule has 0 spiro atoms. The van der Waals surface area contributed by atoms with Crippen molar-refractivity contribution in [3.63, 3.8) is 0 Å². The number of nitrogens with zero attached hydrogens (tertiary/aromatic N) is 3. The molecule has 0 saturated carbocycles. The van der Waals surface area contributed by atoms with Crippen molar-refractivity contribution >= 4 is 0 Å². The summed E-state index contributed by atoms with van der Waals surface area (Å²) in [6.07, 6.45) is 5.38. The smallest absolute Gasteiger partial charge is 0.160 e. The maximum absolute atomic E-state index is 5.20. The number of pyridine rings is 1. The molecule has 3 nitrogen and oxygen atoms in total. The van der Waals surface area contributed by atoms with Crippen LogP contribution in [0, 0.1) is 0 Å². The molecule has 0 N–H and O–H groups in total. The standard InChI is InChI=1S/C47H33N3/c1-2-12-32(13-3-1)47-49-45(37-18-10-17-33(26-37)39-19-11-25-48-31-39)30-46(50-47)38-23-24-44-40(29-38)28-36-16-6-8-21-42(36)41-20-7-4-14-34(41)27-35-15-5-9-22-43(35)44/h1-26,29-31H,27-28H2. The van der Waals surface area contributed by atoms with Gasteiger partial charge in [-0.25, -0.2) is 9.97 Å². The highest BCUT2D eigenvalue weighted by Gasteiger charge is 2.19. The molecule has 50 heavy (non-hydrogen) atoms. The summed E-state index contributed by atoms with van der Waals surface area (Å²) in [4.78, 5) is 14.7. The first kappa shape index (κ1) is 29.7. The fourth-order valence-electron chi connectivity index (χ4n) is 7.23. The Morgan fingerprint density at radius 1 is 0.340 bits per heavy atom. The number of aromatic nitrogens is 3. The molecule has 2 aromatic heterocycles. The number of fused-ring (bicyclic) bond motifs is 6. The normalized spacial score (nSPS) is 11.8. The molecule has 6 aromatic carbocycles. The monoisotopic (exact) mass is 639 g/mol. The Labute approximate surface area is 292 Å². The van der Waals surface area contributed by atoms with Gasteiger partial charge < -0.3 is 0 Å². The number of benzene rings is 6. The van der Waals surface area contributed by atoms with Crippen LogP contribution in [0.3, 0.4) is 0 Å². The molecule has 1 aliphatic carbocycles. The molecule has 236 valence electrons. The second-order valence-corrected chi connectivity index (χ2v) is 12.8. The fourth-order valence-corrected chi connectivity index (χ4v) is 7.23. The molecule has 0 fully saturated rings. The van der Waals surface area contributed by atoms with E-state index >= 15 is 0 Å². The Balaban J connectivity index is 1.22. The predicted molar refractivity (Wildman–Crippen MR) is 204 cm³/mol. The SMILES string of the molecule is c1ccc(-c2nc(-c3cccc(-c4cccnc4)c3)cc(-c3ccc4c(c3)Cc3ccccc3-c3ccccc3Cc3ccccc3-4)n2)cc1. The van der Waals surface area contributed by atoms with E-state index < -0.39 is 0 Å². The summed E-state index contributed by atoms with van der Waals surface area (Å²) in [7, 11) is 0. The highest BCUT2D eigenvalue weighted by atomic mass is 14.9. The van der Waals surface area contributed by atoms with Crippen LogP contribution in [0.25, 0.3) is 67.3 Å². The van der Waals surface area contributed by atoms with E-state index in [1.807, 2.05) is 30.5 Å². The summed E-state index contributed by atoms with van der Waals surface area (Å²) in [6, 6.07) is 58.4. The second kappa shape index (κ2) is 12.9. The molecular formula is C47H33N3. The van der Waals surface area contributed by atoms with Crippen LogP contribution in [-0.2, 0) is 12.8 Å². The number of hydrogen-bond acceptors (Lipinski definition) is 3. The molecule has 9 rings (SSSR count). The van der Waals surface area contributed by atoms with E-state index in [0.717, 1.165) is 52.0 Å². The molecule has 2 heterocycles. The van der Waals surface area contributed by atoms with Crippen LogP contribution >= 0.6 is 0 Å². The van der Waals surface area contributed by atoms with E-state index in [-0.39, 0.29) is 0 Å². The molecule has 0 atom stereocenters. The first-order chi connectivity index (χ1) is 24.8. The third-order valence-electron chi connectivity index (χ3n) is 9.71. The fraction of sp³-hybridized carbons (Fsp3) is 0.0426. The first-order valence-corrected chi connectivity index (χ1v) is 17.1. The van der Waals surface area contributed by atoms with Crippen LogP contribution in [0.5, 0.6) is 0 Å². The maximum Gasteiger partial charge on any atom is 0.160 e. The van der Waals surface area contributed by atoms with Crippen molar-refractivity contribution in [2.45, 2.75) is 12.8 Å². The summed E-state index contributed by atoms with van der Waals surface area (Å²) >= 11 is 0. The van der Waals surface area contributed by atoms with E-state index in [9.17, 15) is 0 Å². The lowest BCUT2D eigenvalue weighted by atomic mass is 9.83. The van der Waals surface area contributed by atoms with Crippen LogP contribution < -0.4 is 0 Å². The van der Waals surface area contributed by atoms with Gasteiger partial charge in [-0.1, -0.05) is 140 Å². The minimum Gasteiger partial charge on any atom is -0.264 e. The third-order valence-corrected chi connectivity index (χ3v) is 9.71. The van der Waals surface area contributed by atoms with Gasteiger partial charge in [0.05, 0.1) is 11.4 Å². The zero-order chi connectivity index (χ0) is 33.3. The van der Waals surface area contributed by atoms with Gasteiger partial charge in [0.25, 0.3) is 0 Å². The molecule has 0 amide bonds. The zero-order valence-corrected chi connectivity index (χ0v) is 27.5. The average Bonchev–Trinajstić information content (AvgIpc) is 3.19. The average molecular weight is 640 g/mol. The van der Waals surface area contributed by atoms with Gasteiger partial charge >= 0.3 is 0 Å². The Bertz CT molecular complexity index is 2480. The highest BCUT2D eigenvalue weighted by Crippen LogP contribution is 2.39. The number of hydrogen-bond donors (Lipinski definition) is 0. The van der Waals surface area contributed by atoms with E-state index in [1.54, 1.807) is 6.20 Å². The summed E-state index contributed by atoms with van der Waals surface area (Å²) in [5.41, 5.74) is 17.5. The van der Waals surface area contributed by atoms with Crippen LogP contribution in [0.4, 0.5) is 0 Å². The summed E-state index contributed by atoms with van der Waals surface area (Å²) in [6.45, 7) is 0. The summed E-state index contributed by atoms with van der Waals surface area (Å²) in [5, 5.41) is 0. The molecule has 0 radical (unpaired) electrons. The Kier molecular flexibility index (Phi) is 7.64. The summed E-state index contributed by atoms with van der Waals surface area (Å²) < 4.78 is 0. The van der Waals surface area contributed by atoms with Crippen LogP contribution in [0.2, 0.25) is 0 Å². The molecule has 0 saturated heterocycles. The van der Waals surface area contributed by atoms with Gasteiger partial charge in [0, 0.05) is 34.6 Å². The number of rotatable bonds is 4. The van der Waals surface area contributed by atoms with E-state index in [2.05, 4.69) is 145 Å². The summed E-state index contributed by atoms with van der Waals surface area (Å²) in [5.74, 6) is 0.706. The molecule has 0 unspecified atom stereocenters. The molecule has 8 aromatic rings. The quantitative estimate of drug-likeness (QED) is 0.192. The topological polar surface area (TPSA) is 38.7 Å². The van der Waals surface area contributed by atoms with Crippen molar-refractivity contribution in [3.8, 4) is 67.3 Å². The Hall–Kier alpha value is -6.45. The zero-order valence-electron chi connectivity index (χ0n) is 27.5. The van der Waals surface area contributed by atoms with Crippen molar-refractivity contribution in [3.05, 3.63) is 198 Å². The van der Waals surface area contributed by atoms with Crippen molar-refractivity contribution in [2.24, 2.45) is 0 Å². The largest absolute Gasteiger partial charge is 0.264 e. The van der Waals surface area contributed by atoms with Gasteiger partial charge in [-0.2, -0.15) is 0 Å². The first-order valence-electron chi connectivity index (χ1n) is 17.1. The lowest BCUT2D eigenvalue weighted by Gasteiger charge is -2.21. The minimum absolute atomic E-state index is 0.706. The lowest BCUT2D eigenvalue weighted by molar-refractivity contribution is 1.14. The van der Waals surface area contributed by atoms with Crippen LogP contribution in [-0.4, -0.2) is 15.0 Å². The Morgan fingerprint density at radius 2 is 0.860 bits per heavy atom. The van der Waals surface area contributed by atoms with Gasteiger partial charge in [0.1, 0.15) is 0 Å². The van der Waals surface area contributed by atoms with E-state index in [0.29, 0.717) is 5.82 Å². The molecule has 1 aliphatic rings. The van der Waals surface area contributed by atoms with Crippen molar-refractivity contribution in [2.75, 3.05) is 0 Å². The van der Waals surface area contributed by atoms with Crippen LogP contribution in [0.15, 0.2) is 176 Å². The Morgan fingerprint density at radius 3 is 1.50 bits per heavy atom. The van der Waals surface area contributed by atoms with E-state index in [4.69, 9.17) is 9.97 Å². The van der Waals surface area contributed by atoms with Gasteiger partial charge in [-0.15, -0.1) is 0 Å². The van der Waals surface area contributed by atoms with Gasteiger partial charge in [-0.3, -0.25) is 4.98 Å². The molecule has 3 heteroatoms. The molecule has 0 aliphatic heterocycles.